The van der Waals surface area contributed by atoms with Crippen molar-refractivity contribution in [2.75, 3.05) is 0 Å². The second-order valence-corrected chi connectivity index (χ2v) is 6.69. The Kier molecular flexibility index (Phi) is 3.92. The van der Waals surface area contributed by atoms with Crippen molar-refractivity contribution in [3.8, 4) is 0 Å². The summed E-state index contributed by atoms with van der Waals surface area (Å²) < 4.78 is 21.4. The normalized spacial score (nSPS) is 30.9. The summed E-state index contributed by atoms with van der Waals surface area (Å²) in [5.41, 5.74) is -1.53. The molecule has 27 heavy (non-hydrogen) atoms. The average Bonchev–Trinajstić information content (AvgIpc) is 3.34. The van der Waals surface area contributed by atoms with Crippen molar-refractivity contribution in [2.45, 2.75) is 38.4 Å². The standard InChI is InChI=1S/C18H17NO8/c1-9(20)25-17(26-10(2)21)18-6-5-12(27-18)13-14(18)16(23)19(15(13)22)8-11-4-3-7-24-11/h3-7,12-14,17H,8H2,1-2H3/t12-,13-,14-,18+/m1/s1. The SMILES string of the molecule is CC(=O)OC(OC(C)=O)[C@@]12C=C[C@@H](O1)[C@H]1C(=O)N(Cc3ccco3)C(=O)[C@@H]12. The summed E-state index contributed by atoms with van der Waals surface area (Å²) in [4.78, 5) is 50.0. The second-order valence-electron chi connectivity index (χ2n) is 6.69. The van der Waals surface area contributed by atoms with Gasteiger partial charge in [-0.05, 0) is 18.2 Å². The zero-order chi connectivity index (χ0) is 19.3. The summed E-state index contributed by atoms with van der Waals surface area (Å²) in [6.45, 7) is 2.30. The molecule has 0 saturated carbocycles. The zero-order valence-corrected chi connectivity index (χ0v) is 14.6. The molecule has 4 rings (SSSR count). The number of rotatable bonds is 5. The number of hydrogen-bond donors (Lipinski definition) is 0. The summed E-state index contributed by atoms with van der Waals surface area (Å²) in [5, 5.41) is 0. The summed E-state index contributed by atoms with van der Waals surface area (Å²) >= 11 is 0. The molecule has 3 aliphatic rings. The minimum absolute atomic E-state index is 0.00767. The number of likely N-dealkylation sites (tertiary alicyclic amines) is 1. The van der Waals surface area contributed by atoms with E-state index in [0.717, 1.165) is 18.7 Å². The molecule has 0 radical (unpaired) electrons. The van der Waals surface area contributed by atoms with Gasteiger partial charge in [0.15, 0.2) is 5.60 Å². The first-order valence-electron chi connectivity index (χ1n) is 8.42. The highest BCUT2D eigenvalue weighted by molar-refractivity contribution is 6.07. The molecule has 4 heterocycles. The van der Waals surface area contributed by atoms with E-state index < -0.39 is 53.6 Å². The summed E-state index contributed by atoms with van der Waals surface area (Å²) in [6.07, 6.45) is 2.49. The quantitative estimate of drug-likeness (QED) is 0.317. The van der Waals surface area contributed by atoms with Gasteiger partial charge in [-0.1, -0.05) is 6.08 Å². The van der Waals surface area contributed by atoms with Crippen LogP contribution in [0.15, 0.2) is 35.0 Å². The number of furan rings is 1. The van der Waals surface area contributed by atoms with Gasteiger partial charge in [0, 0.05) is 13.8 Å². The van der Waals surface area contributed by atoms with Gasteiger partial charge in [-0.2, -0.15) is 0 Å². The maximum absolute atomic E-state index is 13.1. The van der Waals surface area contributed by atoms with E-state index in [1.54, 1.807) is 18.2 Å². The molecule has 2 amide bonds. The Labute approximate surface area is 153 Å². The molecule has 4 atom stereocenters. The number of hydrogen-bond acceptors (Lipinski definition) is 8. The maximum atomic E-state index is 13.1. The molecule has 0 N–H and O–H groups in total. The topological polar surface area (TPSA) is 112 Å². The van der Waals surface area contributed by atoms with E-state index in [-0.39, 0.29) is 6.54 Å². The van der Waals surface area contributed by atoms with Crippen molar-refractivity contribution < 1.29 is 37.8 Å². The first-order valence-corrected chi connectivity index (χ1v) is 8.42. The van der Waals surface area contributed by atoms with Crippen LogP contribution >= 0.6 is 0 Å². The Morgan fingerprint density at radius 3 is 2.52 bits per heavy atom. The lowest BCUT2D eigenvalue weighted by Gasteiger charge is -2.34. The highest BCUT2D eigenvalue weighted by Gasteiger charge is 2.71. The van der Waals surface area contributed by atoms with Crippen LogP contribution in [0.3, 0.4) is 0 Å². The second kappa shape index (κ2) is 6.05. The maximum Gasteiger partial charge on any atom is 0.305 e. The minimum Gasteiger partial charge on any atom is -0.467 e. The van der Waals surface area contributed by atoms with Crippen LogP contribution in [0.2, 0.25) is 0 Å². The number of carbonyl (C=O) groups is 4. The summed E-state index contributed by atoms with van der Waals surface area (Å²) in [6, 6.07) is 3.32. The van der Waals surface area contributed by atoms with Gasteiger partial charge in [0.1, 0.15) is 5.76 Å². The molecule has 142 valence electrons. The fourth-order valence-electron chi connectivity index (χ4n) is 3.99. The molecule has 2 bridgehead atoms. The van der Waals surface area contributed by atoms with Crippen molar-refractivity contribution >= 4 is 23.8 Å². The Balaban J connectivity index is 1.68. The predicted octanol–water partition coefficient (Wildman–Crippen LogP) is 0.540. The van der Waals surface area contributed by atoms with Gasteiger partial charge in [0.25, 0.3) is 6.29 Å². The predicted molar refractivity (Wildman–Crippen MR) is 85.3 cm³/mol. The molecule has 0 aromatic carbocycles. The number of imide groups is 1. The van der Waals surface area contributed by atoms with E-state index in [4.69, 9.17) is 18.6 Å². The molecule has 0 aliphatic carbocycles. The average molecular weight is 375 g/mol. The molecule has 9 heteroatoms. The van der Waals surface area contributed by atoms with Crippen LogP contribution in [0.25, 0.3) is 0 Å². The van der Waals surface area contributed by atoms with Crippen molar-refractivity contribution in [2.24, 2.45) is 11.8 Å². The van der Waals surface area contributed by atoms with Crippen molar-refractivity contribution in [1.29, 1.82) is 0 Å². The van der Waals surface area contributed by atoms with Crippen LogP contribution in [-0.2, 0) is 39.9 Å². The third kappa shape index (κ3) is 2.57. The molecule has 0 spiro atoms. The molecule has 1 aromatic rings. The smallest absolute Gasteiger partial charge is 0.305 e. The lowest BCUT2D eigenvalue weighted by Crippen LogP contribution is -2.52. The fourth-order valence-corrected chi connectivity index (χ4v) is 3.99. The fraction of sp³-hybridized carbons (Fsp3) is 0.444. The van der Waals surface area contributed by atoms with Crippen molar-refractivity contribution in [3.05, 3.63) is 36.3 Å². The molecule has 2 fully saturated rings. The zero-order valence-electron chi connectivity index (χ0n) is 14.6. The number of nitrogens with zero attached hydrogens (tertiary/aromatic N) is 1. The first kappa shape index (κ1) is 17.5. The number of carbonyl (C=O) groups excluding carboxylic acids is 4. The number of fused-ring (bicyclic) bond motifs is 5. The van der Waals surface area contributed by atoms with Crippen LogP contribution < -0.4 is 0 Å². The Morgan fingerprint density at radius 2 is 1.93 bits per heavy atom. The number of esters is 2. The summed E-state index contributed by atoms with van der Waals surface area (Å²) in [5.74, 6) is -3.57. The van der Waals surface area contributed by atoms with E-state index in [1.165, 1.54) is 12.3 Å². The molecular weight excluding hydrogens is 358 g/mol. The van der Waals surface area contributed by atoms with Crippen LogP contribution in [0.4, 0.5) is 0 Å². The van der Waals surface area contributed by atoms with Crippen molar-refractivity contribution in [1.82, 2.24) is 4.90 Å². The van der Waals surface area contributed by atoms with Gasteiger partial charge in [-0.15, -0.1) is 0 Å². The van der Waals surface area contributed by atoms with Gasteiger partial charge < -0.3 is 18.6 Å². The van der Waals surface area contributed by atoms with Gasteiger partial charge in [-0.3, -0.25) is 24.1 Å². The van der Waals surface area contributed by atoms with Crippen LogP contribution in [-0.4, -0.2) is 46.6 Å². The molecule has 9 nitrogen and oxygen atoms in total. The Bertz CT molecular complexity index is 828. The van der Waals surface area contributed by atoms with Crippen molar-refractivity contribution in [3.63, 3.8) is 0 Å². The molecule has 1 aromatic heterocycles. The Morgan fingerprint density at radius 1 is 1.22 bits per heavy atom. The van der Waals surface area contributed by atoms with Crippen LogP contribution in [0.1, 0.15) is 19.6 Å². The van der Waals surface area contributed by atoms with E-state index in [2.05, 4.69) is 0 Å². The third-order valence-electron chi connectivity index (χ3n) is 4.98. The van der Waals surface area contributed by atoms with Gasteiger partial charge in [-0.25, -0.2) is 0 Å². The monoisotopic (exact) mass is 375 g/mol. The van der Waals surface area contributed by atoms with Crippen LogP contribution in [0, 0.1) is 11.8 Å². The highest BCUT2D eigenvalue weighted by atomic mass is 16.7. The van der Waals surface area contributed by atoms with E-state index in [9.17, 15) is 19.2 Å². The number of amides is 2. The molecular formula is C18H17NO8. The van der Waals surface area contributed by atoms with Gasteiger partial charge in [0.05, 0.1) is 30.7 Å². The van der Waals surface area contributed by atoms with E-state index >= 15 is 0 Å². The molecule has 3 aliphatic heterocycles. The van der Waals surface area contributed by atoms with E-state index in [0.29, 0.717) is 5.76 Å². The number of ether oxygens (including phenoxy) is 3. The van der Waals surface area contributed by atoms with E-state index in [1.807, 2.05) is 0 Å². The lowest BCUT2D eigenvalue weighted by atomic mass is 9.76. The summed E-state index contributed by atoms with van der Waals surface area (Å²) in [7, 11) is 0. The van der Waals surface area contributed by atoms with Gasteiger partial charge in [0.2, 0.25) is 11.8 Å². The third-order valence-corrected chi connectivity index (χ3v) is 4.98. The highest BCUT2D eigenvalue weighted by Crippen LogP contribution is 2.54. The molecule has 2 saturated heterocycles. The first-order chi connectivity index (χ1) is 12.8. The van der Waals surface area contributed by atoms with Gasteiger partial charge >= 0.3 is 11.9 Å². The van der Waals surface area contributed by atoms with Crippen LogP contribution in [0.5, 0.6) is 0 Å². The largest absolute Gasteiger partial charge is 0.467 e. The Hall–Kier alpha value is -2.94. The minimum atomic E-state index is -1.53. The molecule has 0 unspecified atom stereocenters. The lowest BCUT2D eigenvalue weighted by molar-refractivity contribution is -0.227.